The minimum atomic E-state index is -4.48. The third kappa shape index (κ3) is 12.1. The van der Waals surface area contributed by atoms with Crippen molar-refractivity contribution in [3.05, 3.63) is 79.4 Å². The smallest absolute Gasteiger partial charge is 0.416 e. The van der Waals surface area contributed by atoms with Crippen molar-refractivity contribution in [3.63, 3.8) is 0 Å². The van der Waals surface area contributed by atoms with Crippen LogP contribution in [0.25, 0.3) is 0 Å². The van der Waals surface area contributed by atoms with Crippen LogP contribution in [0.5, 0.6) is 5.75 Å². The van der Waals surface area contributed by atoms with Gasteiger partial charge in [-0.05, 0) is 38.1 Å². The predicted molar refractivity (Wildman–Crippen MR) is 145 cm³/mol. The minimum absolute atomic E-state index is 0.00729. The van der Waals surface area contributed by atoms with Crippen molar-refractivity contribution in [1.29, 1.82) is 0 Å². The molecule has 0 heterocycles. The molecular formula is C29H33F5O10. The molecule has 1 rings (SSSR count). The van der Waals surface area contributed by atoms with E-state index in [1.54, 1.807) is 0 Å². The van der Waals surface area contributed by atoms with Gasteiger partial charge in [0, 0.05) is 0 Å². The molecule has 244 valence electrons. The summed E-state index contributed by atoms with van der Waals surface area (Å²) in [7, 11) is 0.803. The number of halogens is 5. The number of hydrogen-bond acceptors (Lipinski definition) is 10. The summed E-state index contributed by atoms with van der Waals surface area (Å²) in [5, 5.41) is 0. The van der Waals surface area contributed by atoms with Crippen LogP contribution in [0.4, 0.5) is 22.0 Å². The quantitative estimate of drug-likeness (QED) is 0.0476. The first-order valence-corrected chi connectivity index (χ1v) is 12.4. The summed E-state index contributed by atoms with van der Waals surface area (Å²) in [5.74, 6) is -10.2. The molecule has 0 aliphatic rings. The zero-order valence-corrected chi connectivity index (χ0v) is 24.3. The molecular weight excluding hydrogens is 603 g/mol. The zero-order valence-electron chi connectivity index (χ0n) is 24.3. The van der Waals surface area contributed by atoms with Crippen molar-refractivity contribution < 1.29 is 69.6 Å². The van der Waals surface area contributed by atoms with Crippen LogP contribution in [0.3, 0.4) is 0 Å². The molecule has 1 aromatic rings. The van der Waals surface area contributed by atoms with Gasteiger partial charge in [0.25, 0.3) is 5.60 Å². The molecule has 44 heavy (non-hydrogen) atoms. The Morgan fingerprint density at radius 3 is 1.70 bits per heavy atom. The van der Waals surface area contributed by atoms with E-state index >= 15 is 0 Å². The van der Waals surface area contributed by atoms with E-state index in [1.807, 2.05) is 0 Å². The maximum Gasteiger partial charge on any atom is 0.416 e. The summed E-state index contributed by atoms with van der Waals surface area (Å²) >= 11 is 0. The highest BCUT2D eigenvalue weighted by atomic mass is 19.4. The van der Waals surface area contributed by atoms with E-state index in [4.69, 9.17) is 14.2 Å². The van der Waals surface area contributed by atoms with E-state index in [-0.39, 0.29) is 49.9 Å². The number of esters is 4. The Morgan fingerprint density at radius 1 is 0.818 bits per heavy atom. The van der Waals surface area contributed by atoms with E-state index in [1.165, 1.54) is 19.1 Å². The maximum atomic E-state index is 14.3. The van der Waals surface area contributed by atoms with Crippen LogP contribution in [0.15, 0.2) is 73.9 Å². The fraction of sp³-hybridized carbons (Fsp3) is 0.379. The largest absolute Gasteiger partial charge is 0.466 e. The fourth-order valence-electron chi connectivity index (χ4n) is 2.64. The molecule has 0 aliphatic heterocycles. The predicted octanol–water partition coefficient (Wildman–Crippen LogP) is 4.79. The number of benzene rings is 1. The van der Waals surface area contributed by atoms with Crippen LogP contribution in [0.2, 0.25) is 0 Å². The Balaban J connectivity index is 0.000000853. The lowest BCUT2D eigenvalue weighted by molar-refractivity contribution is -0.228. The Kier molecular flexibility index (Phi) is 16.5. The van der Waals surface area contributed by atoms with Gasteiger partial charge in [-0.2, -0.15) is 22.0 Å². The molecule has 0 fully saturated rings. The van der Waals surface area contributed by atoms with Gasteiger partial charge in [0.05, 0.1) is 56.9 Å². The number of alkyl halides is 5. The third-order valence-electron chi connectivity index (χ3n) is 5.00. The Labute approximate surface area is 250 Å². The highest BCUT2D eigenvalue weighted by Gasteiger charge is 2.66. The second-order valence-electron chi connectivity index (χ2n) is 8.44. The van der Waals surface area contributed by atoms with Gasteiger partial charge in [0.2, 0.25) is 0 Å². The van der Waals surface area contributed by atoms with E-state index in [2.05, 4.69) is 40.5 Å². The van der Waals surface area contributed by atoms with Crippen LogP contribution in [0, 0.1) is 0 Å². The number of methoxy groups -OCH3 is 1. The van der Waals surface area contributed by atoms with Crippen molar-refractivity contribution in [2.75, 3.05) is 40.1 Å². The van der Waals surface area contributed by atoms with Crippen molar-refractivity contribution >= 4 is 23.9 Å². The van der Waals surface area contributed by atoms with Crippen molar-refractivity contribution in [3.8, 4) is 5.75 Å². The van der Waals surface area contributed by atoms with Gasteiger partial charge in [-0.15, -0.1) is 13.2 Å². The molecule has 10 nitrogen and oxygen atoms in total. The van der Waals surface area contributed by atoms with E-state index < -0.39 is 47.1 Å². The lowest BCUT2D eigenvalue weighted by Gasteiger charge is -2.32. The summed E-state index contributed by atoms with van der Waals surface area (Å²) < 4.78 is 93.4. The van der Waals surface area contributed by atoms with Crippen LogP contribution in [0.1, 0.15) is 19.4 Å². The topological polar surface area (TPSA) is 124 Å². The molecule has 0 aromatic heterocycles. The molecule has 0 N–H and O–H groups in total. The molecule has 1 atom stereocenters. The molecule has 1 aromatic carbocycles. The van der Waals surface area contributed by atoms with Crippen LogP contribution < -0.4 is 4.74 Å². The average molecular weight is 637 g/mol. The lowest BCUT2D eigenvalue weighted by atomic mass is 9.97. The van der Waals surface area contributed by atoms with Gasteiger partial charge < -0.3 is 28.4 Å². The average Bonchev–Trinajstić information content (AvgIpc) is 2.96. The Hall–Kier alpha value is -4.37. The van der Waals surface area contributed by atoms with E-state index in [9.17, 15) is 41.1 Å². The molecule has 0 bridgehead atoms. The van der Waals surface area contributed by atoms with Gasteiger partial charge in [-0.1, -0.05) is 25.3 Å². The molecule has 0 amide bonds. The summed E-state index contributed by atoms with van der Waals surface area (Å²) in [4.78, 5) is 46.6. The maximum absolute atomic E-state index is 14.3. The van der Waals surface area contributed by atoms with Gasteiger partial charge in [0.15, 0.2) is 0 Å². The molecule has 0 saturated carbocycles. The zero-order chi connectivity index (χ0) is 34.1. The van der Waals surface area contributed by atoms with E-state index in [0.29, 0.717) is 6.92 Å². The number of rotatable bonds is 16. The van der Waals surface area contributed by atoms with E-state index in [0.717, 1.165) is 31.4 Å². The summed E-state index contributed by atoms with van der Waals surface area (Å²) in [6.07, 6.45) is -1.52. The SMILES string of the molecule is C=CCOCC(=C)C(=O)OC(C)(C(=O)OC)C(F)(F)C(=O)OCC.C=CCOCC(=C)C(=O)Oc1ccc(C(F)(F)F)cc1. The highest BCUT2D eigenvalue weighted by Crippen LogP contribution is 2.35. The monoisotopic (exact) mass is 636 g/mol. The fourth-order valence-corrected chi connectivity index (χ4v) is 2.64. The second-order valence-corrected chi connectivity index (χ2v) is 8.44. The van der Waals surface area contributed by atoms with Gasteiger partial charge in [-0.25, -0.2) is 19.2 Å². The number of carbonyl (C=O) groups excluding carboxylic acids is 4. The summed E-state index contributed by atoms with van der Waals surface area (Å²) in [6.45, 7) is 15.0. The normalized spacial score (nSPS) is 12.3. The second kappa shape index (κ2) is 18.3. The summed E-state index contributed by atoms with van der Waals surface area (Å²) in [5.41, 5.74) is -4.32. The molecule has 0 radical (unpaired) electrons. The van der Waals surface area contributed by atoms with Crippen molar-refractivity contribution in [2.24, 2.45) is 0 Å². The number of ether oxygens (including phenoxy) is 6. The lowest BCUT2D eigenvalue weighted by Crippen LogP contribution is -2.60. The summed E-state index contributed by atoms with van der Waals surface area (Å²) in [6, 6.07) is 3.80. The molecule has 15 heteroatoms. The van der Waals surface area contributed by atoms with Gasteiger partial charge in [0.1, 0.15) is 5.75 Å². The highest BCUT2D eigenvalue weighted by molar-refractivity contribution is 5.96. The minimum Gasteiger partial charge on any atom is -0.466 e. The first kappa shape index (κ1) is 39.6. The van der Waals surface area contributed by atoms with Crippen LogP contribution >= 0.6 is 0 Å². The first-order valence-electron chi connectivity index (χ1n) is 12.4. The first-order chi connectivity index (χ1) is 20.4. The van der Waals surface area contributed by atoms with Gasteiger partial charge in [-0.3, -0.25) is 0 Å². The van der Waals surface area contributed by atoms with Gasteiger partial charge >= 0.3 is 36.0 Å². The Bertz CT molecular complexity index is 1190. The van der Waals surface area contributed by atoms with Crippen LogP contribution in [-0.4, -0.2) is 75.5 Å². The number of hydrogen-bond donors (Lipinski definition) is 0. The Morgan fingerprint density at radius 2 is 1.30 bits per heavy atom. The standard InChI is InChI=1S/C15H20F2O7.C14H13F3O3/c1-6-8-22-9-10(3)11(18)24-14(4,12(19)21-5)15(16,17)13(20)23-7-2;1-3-8-19-9-10(2)13(18)20-12-6-4-11(5-7-12)14(15,16)17/h6H,1,3,7-9H2,2,4-5H3;3-7H,1-2,8-9H2. The molecule has 0 saturated heterocycles. The molecule has 1 unspecified atom stereocenters. The van der Waals surface area contributed by atoms with Crippen molar-refractivity contribution in [1.82, 2.24) is 0 Å². The molecule has 0 aliphatic carbocycles. The van der Waals surface area contributed by atoms with Crippen molar-refractivity contribution in [2.45, 2.75) is 31.5 Å². The van der Waals surface area contributed by atoms with Crippen LogP contribution in [-0.2, 0) is 49.0 Å². The molecule has 0 spiro atoms. The third-order valence-corrected chi connectivity index (χ3v) is 5.00. The number of carbonyl (C=O) groups is 4.